The average Bonchev–Trinajstić information content (AvgIpc) is 3.01. The molecule has 0 amide bonds. The molecule has 0 unspecified atom stereocenters. The fraction of sp³-hybridized carbons (Fsp3) is 0.318. The predicted molar refractivity (Wildman–Crippen MR) is 132 cm³/mol. The number of rotatable bonds is 6. The Morgan fingerprint density at radius 3 is 2.59 bits per heavy atom. The number of anilines is 3. The molecular weight excluding hydrogens is 442 g/mol. The third kappa shape index (κ3) is 4.33. The molecule has 8 nitrogen and oxygen atoms in total. The number of benzene rings is 1. The van der Waals surface area contributed by atoms with Crippen LogP contribution in [0, 0.1) is 20.8 Å². The molecule has 0 aliphatic rings. The Morgan fingerprint density at radius 2 is 1.88 bits per heavy atom. The van der Waals surface area contributed by atoms with E-state index in [1.807, 2.05) is 58.9 Å². The summed E-state index contributed by atoms with van der Waals surface area (Å²) >= 11 is 2.97. The van der Waals surface area contributed by atoms with Crippen molar-refractivity contribution in [1.82, 2.24) is 24.5 Å². The van der Waals surface area contributed by atoms with Crippen LogP contribution in [0.5, 0.6) is 0 Å². The summed E-state index contributed by atoms with van der Waals surface area (Å²) in [6, 6.07) is 7.85. The smallest absolute Gasteiger partial charge is 0.263 e. The molecule has 166 valence electrons. The van der Waals surface area contributed by atoms with E-state index in [2.05, 4.69) is 20.3 Å². The second-order valence-corrected chi connectivity index (χ2v) is 9.93. The van der Waals surface area contributed by atoms with Gasteiger partial charge in [-0.3, -0.25) is 9.36 Å². The Labute approximate surface area is 194 Å². The summed E-state index contributed by atoms with van der Waals surface area (Å²) in [5.74, 6) is 1.45. The molecule has 0 atom stereocenters. The van der Waals surface area contributed by atoms with Gasteiger partial charge >= 0.3 is 0 Å². The van der Waals surface area contributed by atoms with Crippen LogP contribution in [-0.4, -0.2) is 24.5 Å². The van der Waals surface area contributed by atoms with E-state index < -0.39 is 0 Å². The zero-order valence-corrected chi connectivity index (χ0v) is 20.3. The van der Waals surface area contributed by atoms with Crippen molar-refractivity contribution in [3.8, 4) is 0 Å². The van der Waals surface area contributed by atoms with Crippen molar-refractivity contribution < 1.29 is 0 Å². The maximum absolute atomic E-state index is 13.2. The SMILES string of the molecule is Cc1ccccc1Nc1nc(N)nc(CSc2nc3sc(C)c(C)c3c(=O)n2C(C)C)n1. The quantitative estimate of drug-likeness (QED) is 0.308. The van der Waals surface area contributed by atoms with E-state index in [1.54, 1.807) is 15.9 Å². The van der Waals surface area contributed by atoms with E-state index in [0.717, 1.165) is 26.5 Å². The van der Waals surface area contributed by atoms with Gasteiger partial charge in [0.15, 0.2) is 5.16 Å². The van der Waals surface area contributed by atoms with Crippen molar-refractivity contribution >= 4 is 50.9 Å². The number of nitrogens with one attached hydrogen (secondary N) is 1. The monoisotopic (exact) mass is 467 g/mol. The first kappa shape index (κ1) is 22.2. The van der Waals surface area contributed by atoms with Gasteiger partial charge < -0.3 is 11.1 Å². The van der Waals surface area contributed by atoms with Crippen LogP contribution in [-0.2, 0) is 5.75 Å². The van der Waals surface area contributed by atoms with E-state index in [-0.39, 0.29) is 17.5 Å². The lowest BCUT2D eigenvalue weighted by Gasteiger charge is -2.15. The van der Waals surface area contributed by atoms with Gasteiger partial charge in [-0.25, -0.2) is 4.98 Å². The van der Waals surface area contributed by atoms with Gasteiger partial charge in [-0.15, -0.1) is 11.3 Å². The number of nitrogens with two attached hydrogens (primary N) is 1. The summed E-state index contributed by atoms with van der Waals surface area (Å²) in [6.45, 7) is 9.97. The maximum atomic E-state index is 13.2. The molecule has 0 radical (unpaired) electrons. The van der Waals surface area contributed by atoms with E-state index >= 15 is 0 Å². The molecule has 0 saturated carbocycles. The minimum absolute atomic E-state index is 0.00795. The molecule has 0 bridgehead atoms. The highest BCUT2D eigenvalue weighted by Gasteiger charge is 2.19. The van der Waals surface area contributed by atoms with Gasteiger partial charge in [-0.1, -0.05) is 30.0 Å². The van der Waals surface area contributed by atoms with Crippen LogP contribution in [0.15, 0.2) is 34.2 Å². The lowest BCUT2D eigenvalue weighted by atomic mass is 10.2. The predicted octanol–water partition coefficient (Wildman–Crippen LogP) is 4.77. The van der Waals surface area contributed by atoms with Crippen molar-refractivity contribution in [3.05, 3.63) is 56.4 Å². The lowest BCUT2D eigenvalue weighted by molar-refractivity contribution is 0.519. The molecule has 3 heterocycles. The second-order valence-electron chi connectivity index (χ2n) is 7.79. The zero-order chi connectivity index (χ0) is 23.0. The largest absolute Gasteiger partial charge is 0.368 e. The average molecular weight is 468 g/mol. The van der Waals surface area contributed by atoms with Crippen LogP contribution >= 0.6 is 23.1 Å². The summed E-state index contributed by atoms with van der Waals surface area (Å²) in [5, 5.41) is 4.56. The van der Waals surface area contributed by atoms with Gasteiger partial charge in [0.1, 0.15) is 10.7 Å². The minimum atomic E-state index is -0.0248. The molecular formula is C22H25N7OS2. The van der Waals surface area contributed by atoms with Crippen LogP contribution in [0.25, 0.3) is 10.2 Å². The number of aryl methyl sites for hydroxylation is 3. The summed E-state index contributed by atoms with van der Waals surface area (Å²) in [5.41, 5.74) is 8.91. The molecule has 0 saturated heterocycles. The van der Waals surface area contributed by atoms with Crippen LogP contribution < -0.4 is 16.6 Å². The van der Waals surface area contributed by atoms with E-state index in [0.29, 0.717) is 28.1 Å². The minimum Gasteiger partial charge on any atom is -0.368 e. The Hall–Kier alpha value is -2.98. The molecule has 1 aromatic carbocycles. The molecule has 4 rings (SSSR count). The second kappa shape index (κ2) is 8.87. The summed E-state index contributed by atoms with van der Waals surface area (Å²) in [7, 11) is 0. The molecule has 3 N–H and O–H groups in total. The fourth-order valence-corrected chi connectivity index (χ4v) is 5.42. The first-order chi connectivity index (χ1) is 15.2. The molecule has 0 spiro atoms. The van der Waals surface area contributed by atoms with Gasteiger partial charge in [-0.05, 0) is 51.8 Å². The molecule has 4 aromatic rings. The van der Waals surface area contributed by atoms with Crippen LogP contribution in [0.3, 0.4) is 0 Å². The number of thiophene rings is 1. The molecule has 3 aromatic heterocycles. The van der Waals surface area contributed by atoms with Crippen molar-refractivity contribution in [2.24, 2.45) is 0 Å². The number of nitrogens with zero attached hydrogens (tertiary/aromatic N) is 5. The van der Waals surface area contributed by atoms with Gasteiger partial charge in [0.25, 0.3) is 5.56 Å². The van der Waals surface area contributed by atoms with Crippen molar-refractivity contribution in [3.63, 3.8) is 0 Å². The third-order valence-corrected chi connectivity index (χ3v) is 7.19. The van der Waals surface area contributed by atoms with Crippen LogP contribution in [0.1, 0.15) is 41.7 Å². The topological polar surface area (TPSA) is 112 Å². The molecule has 0 aliphatic carbocycles. The van der Waals surface area contributed by atoms with Crippen LogP contribution in [0.2, 0.25) is 0 Å². The highest BCUT2D eigenvalue weighted by molar-refractivity contribution is 7.98. The highest BCUT2D eigenvalue weighted by Crippen LogP contribution is 2.30. The van der Waals surface area contributed by atoms with Gasteiger partial charge in [-0.2, -0.15) is 15.0 Å². The van der Waals surface area contributed by atoms with E-state index in [1.165, 1.54) is 11.8 Å². The van der Waals surface area contributed by atoms with E-state index in [4.69, 9.17) is 10.7 Å². The maximum Gasteiger partial charge on any atom is 0.263 e. The number of fused-ring (bicyclic) bond motifs is 1. The first-order valence-corrected chi connectivity index (χ1v) is 12.0. The standard InChI is InChI=1S/C22H25N7OS2/c1-11(2)29-19(30)17-13(4)14(5)32-18(17)27-22(29)31-10-16-25-20(23)28-21(26-16)24-15-9-7-6-8-12(15)3/h6-9,11H,10H2,1-5H3,(H3,23,24,25,26,28). The number of nitrogen functional groups attached to an aromatic ring is 1. The Morgan fingerprint density at radius 1 is 1.12 bits per heavy atom. The normalized spacial score (nSPS) is 11.4. The summed E-state index contributed by atoms with van der Waals surface area (Å²) in [6.07, 6.45) is 0. The first-order valence-electron chi connectivity index (χ1n) is 10.2. The fourth-order valence-electron chi connectivity index (χ4n) is 3.37. The Bertz CT molecular complexity index is 1360. The van der Waals surface area contributed by atoms with Crippen molar-refractivity contribution in [2.75, 3.05) is 11.1 Å². The summed E-state index contributed by atoms with van der Waals surface area (Å²) in [4.78, 5) is 32.9. The molecule has 0 fully saturated rings. The van der Waals surface area contributed by atoms with Crippen molar-refractivity contribution in [1.29, 1.82) is 0 Å². The van der Waals surface area contributed by atoms with Gasteiger partial charge in [0, 0.05) is 16.6 Å². The molecule has 32 heavy (non-hydrogen) atoms. The van der Waals surface area contributed by atoms with E-state index in [9.17, 15) is 4.79 Å². The number of aromatic nitrogens is 5. The Kier molecular flexibility index (Phi) is 6.16. The Balaban J connectivity index is 1.65. The molecule has 10 heteroatoms. The number of para-hydroxylation sites is 1. The van der Waals surface area contributed by atoms with Crippen LogP contribution in [0.4, 0.5) is 17.6 Å². The molecule has 0 aliphatic heterocycles. The third-order valence-electron chi connectivity index (χ3n) is 5.14. The number of hydrogen-bond acceptors (Lipinski definition) is 9. The highest BCUT2D eigenvalue weighted by atomic mass is 32.2. The number of thioether (sulfide) groups is 1. The number of hydrogen-bond donors (Lipinski definition) is 2. The van der Waals surface area contributed by atoms with Gasteiger partial charge in [0.2, 0.25) is 11.9 Å². The lowest BCUT2D eigenvalue weighted by Crippen LogP contribution is -2.25. The van der Waals surface area contributed by atoms with Gasteiger partial charge in [0.05, 0.1) is 11.1 Å². The summed E-state index contributed by atoms with van der Waals surface area (Å²) < 4.78 is 1.74. The van der Waals surface area contributed by atoms with Crippen molar-refractivity contribution in [2.45, 2.75) is 51.6 Å². The zero-order valence-electron chi connectivity index (χ0n) is 18.6.